The van der Waals surface area contributed by atoms with Crippen molar-refractivity contribution >= 4 is 5.91 Å². The van der Waals surface area contributed by atoms with E-state index in [1.807, 2.05) is 26.8 Å². The zero-order valence-electron chi connectivity index (χ0n) is 10.7. The van der Waals surface area contributed by atoms with Crippen LogP contribution >= 0.6 is 0 Å². The third-order valence-electron chi connectivity index (χ3n) is 2.44. The molecule has 0 saturated heterocycles. The normalized spacial score (nSPS) is 11.2. The van der Waals surface area contributed by atoms with Crippen molar-refractivity contribution < 1.29 is 4.79 Å². The number of carbonyl (C=O) groups is 1. The topological polar surface area (TPSA) is 51.1 Å². The molecule has 0 aromatic carbocycles. The van der Waals surface area contributed by atoms with Gasteiger partial charge in [-0.3, -0.25) is 9.59 Å². The van der Waals surface area contributed by atoms with E-state index < -0.39 is 0 Å². The van der Waals surface area contributed by atoms with Crippen LogP contribution in [0.5, 0.6) is 0 Å². The van der Waals surface area contributed by atoms with E-state index in [0.717, 1.165) is 6.42 Å². The van der Waals surface area contributed by atoms with E-state index in [0.29, 0.717) is 13.1 Å². The van der Waals surface area contributed by atoms with Gasteiger partial charge in [-0.05, 0) is 12.5 Å². The summed E-state index contributed by atoms with van der Waals surface area (Å²) in [6.45, 7) is 6.86. The summed E-state index contributed by atoms with van der Waals surface area (Å²) in [5.74, 6) is 0.0397. The molecular formula is C13H20N2O2. The number of rotatable bonds is 4. The lowest BCUT2D eigenvalue weighted by Gasteiger charge is -2.17. The Morgan fingerprint density at radius 3 is 2.65 bits per heavy atom. The molecule has 0 saturated carbocycles. The van der Waals surface area contributed by atoms with Gasteiger partial charge in [0, 0.05) is 30.8 Å². The van der Waals surface area contributed by atoms with Crippen LogP contribution in [0.25, 0.3) is 0 Å². The Balaban J connectivity index is 2.33. The summed E-state index contributed by atoms with van der Waals surface area (Å²) in [6, 6.07) is 5.09. The van der Waals surface area contributed by atoms with Crippen molar-refractivity contribution in [2.75, 3.05) is 6.54 Å². The summed E-state index contributed by atoms with van der Waals surface area (Å²) in [7, 11) is 0. The van der Waals surface area contributed by atoms with Gasteiger partial charge in [0.2, 0.25) is 11.5 Å². The van der Waals surface area contributed by atoms with E-state index in [-0.39, 0.29) is 16.9 Å². The number of amides is 1. The molecule has 1 amide bonds. The quantitative estimate of drug-likeness (QED) is 0.803. The number of nitrogens with zero attached hydrogens (tertiary/aromatic N) is 1. The van der Waals surface area contributed by atoms with E-state index in [1.165, 1.54) is 6.07 Å². The van der Waals surface area contributed by atoms with Gasteiger partial charge in [0.05, 0.1) is 0 Å². The smallest absolute Gasteiger partial charge is 0.250 e. The number of hydrogen-bond donors (Lipinski definition) is 1. The number of aromatic nitrogens is 1. The zero-order chi connectivity index (χ0) is 12.9. The molecule has 0 aliphatic carbocycles. The van der Waals surface area contributed by atoms with Crippen molar-refractivity contribution in [3.8, 4) is 0 Å². The highest BCUT2D eigenvalue weighted by atomic mass is 16.2. The van der Waals surface area contributed by atoms with Crippen LogP contribution in [0.1, 0.15) is 27.2 Å². The molecule has 0 atom stereocenters. The molecular weight excluding hydrogens is 216 g/mol. The van der Waals surface area contributed by atoms with Crippen molar-refractivity contribution in [2.45, 2.75) is 33.7 Å². The minimum Gasteiger partial charge on any atom is -0.356 e. The number of hydrogen-bond acceptors (Lipinski definition) is 2. The summed E-state index contributed by atoms with van der Waals surface area (Å²) in [5, 5.41) is 2.86. The monoisotopic (exact) mass is 236 g/mol. The molecule has 0 aliphatic heterocycles. The molecule has 4 nitrogen and oxygen atoms in total. The minimum atomic E-state index is -0.358. The first-order valence-electron chi connectivity index (χ1n) is 5.85. The van der Waals surface area contributed by atoms with E-state index in [9.17, 15) is 9.59 Å². The molecule has 4 heteroatoms. The molecule has 1 aromatic rings. The molecule has 94 valence electrons. The maximum atomic E-state index is 11.6. The van der Waals surface area contributed by atoms with Crippen molar-refractivity contribution in [1.82, 2.24) is 9.88 Å². The second-order valence-electron chi connectivity index (χ2n) is 5.09. The van der Waals surface area contributed by atoms with Crippen molar-refractivity contribution in [2.24, 2.45) is 5.41 Å². The molecule has 0 unspecified atom stereocenters. The average molecular weight is 236 g/mol. The first kappa shape index (κ1) is 13.5. The van der Waals surface area contributed by atoms with E-state index in [2.05, 4.69) is 5.32 Å². The van der Waals surface area contributed by atoms with Crippen LogP contribution in [-0.2, 0) is 11.3 Å². The lowest BCUT2D eigenvalue weighted by atomic mass is 9.96. The lowest BCUT2D eigenvalue weighted by molar-refractivity contribution is -0.128. The molecule has 1 aromatic heterocycles. The van der Waals surface area contributed by atoms with E-state index in [1.54, 1.807) is 16.8 Å². The first-order chi connectivity index (χ1) is 7.91. The van der Waals surface area contributed by atoms with E-state index in [4.69, 9.17) is 0 Å². The number of carbonyl (C=O) groups excluding carboxylic acids is 1. The Kier molecular flexibility index (Phi) is 4.49. The van der Waals surface area contributed by atoms with Crippen LogP contribution < -0.4 is 10.9 Å². The Hall–Kier alpha value is -1.58. The second kappa shape index (κ2) is 5.66. The van der Waals surface area contributed by atoms with Crippen LogP contribution in [0.3, 0.4) is 0 Å². The number of pyridine rings is 1. The third kappa shape index (κ3) is 4.43. The molecule has 1 rings (SSSR count). The van der Waals surface area contributed by atoms with Crippen LogP contribution in [-0.4, -0.2) is 17.0 Å². The highest BCUT2D eigenvalue weighted by molar-refractivity contribution is 5.81. The average Bonchev–Trinajstić information content (AvgIpc) is 2.25. The second-order valence-corrected chi connectivity index (χ2v) is 5.09. The maximum absolute atomic E-state index is 11.6. The molecule has 1 heterocycles. The molecule has 0 aliphatic rings. The summed E-state index contributed by atoms with van der Waals surface area (Å²) in [5.41, 5.74) is -0.363. The van der Waals surface area contributed by atoms with Crippen molar-refractivity contribution in [1.29, 1.82) is 0 Å². The molecule has 0 bridgehead atoms. The van der Waals surface area contributed by atoms with Gasteiger partial charge in [-0.1, -0.05) is 26.8 Å². The van der Waals surface area contributed by atoms with Gasteiger partial charge in [-0.25, -0.2) is 0 Å². The fourth-order valence-corrected chi connectivity index (χ4v) is 1.36. The molecule has 0 radical (unpaired) electrons. The van der Waals surface area contributed by atoms with Gasteiger partial charge >= 0.3 is 0 Å². The fraction of sp³-hybridized carbons (Fsp3) is 0.538. The van der Waals surface area contributed by atoms with Gasteiger partial charge in [0.25, 0.3) is 0 Å². The SMILES string of the molecule is CC(C)(C)C(=O)NCCCn1ccccc1=O. The van der Waals surface area contributed by atoms with Crippen LogP contribution in [0.4, 0.5) is 0 Å². The van der Waals surface area contributed by atoms with Crippen LogP contribution in [0, 0.1) is 5.41 Å². The van der Waals surface area contributed by atoms with Crippen molar-refractivity contribution in [3.63, 3.8) is 0 Å². The number of nitrogens with one attached hydrogen (secondary N) is 1. The molecule has 17 heavy (non-hydrogen) atoms. The Labute approximate surface area is 102 Å². The first-order valence-corrected chi connectivity index (χ1v) is 5.85. The Bertz CT molecular complexity index is 430. The van der Waals surface area contributed by atoms with Gasteiger partial charge in [0.15, 0.2) is 0 Å². The fourth-order valence-electron chi connectivity index (χ4n) is 1.36. The predicted octanol–water partition coefficient (Wildman–Crippen LogP) is 1.40. The van der Waals surface area contributed by atoms with Crippen LogP contribution in [0.15, 0.2) is 29.2 Å². The van der Waals surface area contributed by atoms with Gasteiger partial charge in [-0.2, -0.15) is 0 Å². The minimum absolute atomic E-state index is 0.00496. The predicted molar refractivity (Wildman–Crippen MR) is 67.8 cm³/mol. The van der Waals surface area contributed by atoms with Crippen molar-refractivity contribution in [3.05, 3.63) is 34.7 Å². The zero-order valence-corrected chi connectivity index (χ0v) is 10.7. The highest BCUT2D eigenvalue weighted by Gasteiger charge is 2.19. The summed E-state index contributed by atoms with van der Waals surface area (Å²) >= 11 is 0. The Morgan fingerprint density at radius 1 is 1.35 bits per heavy atom. The highest BCUT2D eigenvalue weighted by Crippen LogP contribution is 2.12. The third-order valence-corrected chi connectivity index (χ3v) is 2.44. The number of aryl methyl sites for hydroxylation is 1. The molecule has 1 N–H and O–H groups in total. The Morgan fingerprint density at radius 2 is 2.06 bits per heavy atom. The standard InChI is InChI=1S/C13H20N2O2/c1-13(2,3)12(17)14-8-6-10-15-9-5-4-7-11(15)16/h4-5,7,9H,6,8,10H2,1-3H3,(H,14,17). The van der Waals surface area contributed by atoms with Gasteiger partial charge in [0.1, 0.15) is 0 Å². The lowest BCUT2D eigenvalue weighted by Crippen LogP contribution is -2.35. The van der Waals surface area contributed by atoms with E-state index >= 15 is 0 Å². The van der Waals surface area contributed by atoms with Crippen LogP contribution in [0.2, 0.25) is 0 Å². The van der Waals surface area contributed by atoms with Gasteiger partial charge in [-0.15, -0.1) is 0 Å². The maximum Gasteiger partial charge on any atom is 0.250 e. The molecule has 0 fully saturated rings. The summed E-state index contributed by atoms with van der Waals surface area (Å²) < 4.78 is 1.64. The van der Waals surface area contributed by atoms with Gasteiger partial charge < -0.3 is 9.88 Å². The molecule has 0 spiro atoms. The largest absolute Gasteiger partial charge is 0.356 e. The summed E-state index contributed by atoms with van der Waals surface area (Å²) in [6.07, 6.45) is 2.51. The summed E-state index contributed by atoms with van der Waals surface area (Å²) in [4.78, 5) is 22.9.